The van der Waals surface area contributed by atoms with Crippen molar-refractivity contribution in [3.63, 3.8) is 0 Å². The molecule has 3 atom stereocenters. The Hall–Kier alpha value is -2.87. The smallest absolute Gasteiger partial charge is 0.449 e. The first-order valence-electron chi connectivity index (χ1n) is 9.65. The third-order valence-corrected chi connectivity index (χ3v) is 6.07. The lowest BCUT2D eigenvalue weighted by Crippen LogP contribution is -2.35. The Morgan fingerprint density at radius 1 is 1.29 bits per heavy atom. The molecule has 5 rings (SSSR count). The fourth-order valence-electron chi connectivity index (χ4n) is 4.49. The van der Waals surface area contributed by atoms with Crippen molar-refractivity contribution in [1.29, 1.82) is 0 Å². The molecule has 0 spiro atoms. The molecule has 0 bridgehead atoms. The first kappa shape index (κ1) is 17.2. The van der Waals surface area contributed by atoms with Crippen LogP contribution in [-0.4, -0.2) is 39.9 Å². The summed E-state index contributed by atoms with van der Waals surface area (Å²) in [4.78, 5) is 30.6. The topological polar surface area (TPSA) is 111 Å². The maximum absolute atomic E-state index is 12.7. The van der Waals surface area contributed by atoms with Gasteiger partial charge in [0, 0.05) is 25.2 Å². The predicted molar refractivity (Wildman–Crippen MR) is 104 cm³/mol. The molecule has 1 saturated carbocycles. The first-order valence-corrected chi connectivity index (χ1v) is 9.65. The summed E-state index contributed by atoms with van der Waals surface area (Å²) < 4.78 is 6.59. The Morgan fingerprint density at radius 2 is 2.11 bits per heavy atom. The van der Waals surface area contributed by atoms with Gasteiger partial charge in [0.1, 0.15) is 11.5 Å². The summed E-state index contributed by atoms with van der Waals surface area (Å²) in [6, 6.07) is 3.86. The van der Waals surface area contributed by atoms with Gasteiger partial charge in [-0.05, 0) is 43.2 Å². The molecule has 0 amide bonds. The van der Waals surface area contributed by atoms with E-state index >= 15 is 0 Å². The van der Waals surface area contributed by atoms with E-state index in [4.69, 9.17) is 20.6 Å². The summed E-state index contributed by atoms with van der Waals surface area (Å²) in [7, 11) is 0. The molecule has 1 saturated heterocycles. The predicted octanol–water partition coefficient (Wildman–Crippen LogP) is 2.13. The summed E-state index contributed by atoms with van der Waals surface area (Å²) >= 11 is 0. The SMILES string of the molecule is NC1C=CCC2CN(c3ccc4c(=O)c(OC(=O)O)cn(C5CC5)c4n3)CC12. The van der Waals surface area contributed by atoms with Crippen LogP contribution >= 0.6 is 0 Å². The minimum absolute atomic E-state index is 0.0737. The lowest BCUT2D eigenvalue weighted by Gasteiger charge is -2.25. The van der Waals surface area contributed by atoms with E-state index < -0.39 is 11.6 Å². The van der Waals surface area contributed by atoms with E-state index in [1.54, 1.807) is 6.07 Å². The maximum atomic E-state index is 12.7. The number of rotatable bonds is 3. The second-order valence-electron chi connectivity index (χ2n) is 7.94. The Morgan fingerprint density at radius 3 is 2.82 bits per heavy atom. The molecule has 3 heterocycles. The fraction of sp³-hybridized carbons (Fsp3) is 0.450. The lowest BCUT2D eigenvalue weighted by molar-refractivity contribution is 0.143. The number of ether oxygens (including phenoxy) is 1. The number of fused-ring (bicyclic) bond motifs is 2. The van der Waals surface area contributed by atoms with Crippen molar-refractivity contribution in [1.82, 2.24) is 9.55 Å². The van der Waals surface area contributed by atoms with Crippen LogP contribution in [0.2, 0.25) is 0 Å². The van der Waals surface area contributed by atoms with Crippen molar-refractivity contribution in [2.24, 2.45) is 17.6 Å². The molecule has 28 heavy (non-hydrogen) atoms. The molecule has 146 valence electrons. The van der Waals surface area contributed by atoms with Crippen molar-refractivity contribution >= 4 is 23.0 Å². The summed E-state index contributed by atoms with van der Waals surface area (Å²) in [6.45, 7) is 1.75. The van der Waals surface area contributed by atoms with Gasteiger partial charge < -0.3 is 25.0 Å². The molecule has 3 aliphatic rings. The molecular formula is C20H22N4O4. The molecule has 2 fully saturated rings. The van der Waals surface area contributed by atoms with E-state index in [0.29, 0.717) is 22.9 Å². The van der Waals surface area contributed by atoms with Crippen LogP contribution in [0.3, 0.4) is 0 Å². The van der Waals surface area contributed by atoms with Crippen LogP contribution in [0.5, 0.6) is 5.75 Å². The van der Waals surface area contributed by atoms with E-state index in [-0.39, 0.29) is 17.8 Å². The molecule has 0 radical (unpaired) electrons. The highest BCUT2D eigenvalue weighted by Gasteiger charge is 2.37. The van der Waals surface area contributed by atoms with Gasteiger partial charge in [0.15, 0.2) is 5.75 Å². The molecule has 1 aliphatic heterocycles. The highest BCUT2D eigenvalue weighted by Crippen LogP contribution is 2.38. The van der Waals surface area contributed by atoms with E-state index in [1.165, 1.54) is 6.20 Å². The molecule has 8 heteroatoms. The largest absolute Gasteiger partial charge is 0.511 e. The Labute approximate surface area is 161 Å². The normalized spacial score (nSPS) is 26.5. The van der Waals surface area contributed by atoms with Crippen LogP contribution in [0, 0.1) is 11.8 Å². The molecule has 0 aromatic carbocycles. The number of carboxylic acid groups (broad SMARTS) is 1. The van der Waals surface area contributed by atoms with Gasteiger partial charge in [-0.1, -0.05) is 12.2 Å². The molecule has 2 aromatic rings. The summed E-state index contributed by atoms with van der Waals surface area (Å²) in [6.07, 6.45) is 7.23. The number of hydrogen-bond donors (Lipinski definition) is 2. The number of aromatic nitrogens is 2. The number of allylic oxidation sites excluding steroid dienone is 1. The third-order valence-electron chi connectivity index (χ3n) is 6.07. The zero-order valence-corrected chi connectivity index (χ0v) is 15.3. The summed E-state index contributed by atoms with van der Waals surface area (Å²) in [5.41, 5.74) is 6.39. The number of hydrogen-bond acceptors (Lipinski definition) is 6. The highest BCUT2D eigenvalue weighted by atomic mass is 16.7. The van der Waals surface area contributed by atoms with E-state index in [0.717, 1.165) is 38.2 Å². The quantitative estimate of drug-likeness (QED) is 0.618. The zero-order valence-electron chi connectivity index (χ0n) is 15.3. The van der Waals surface area contributed by atoms with Crippen molar-refractivity contribution in [2.45, 2.75) is 31.3 Å². The number of anilines is 1. The Balaban J connectivity index is 1.55. The molecule has 2 aliphatic carbocycles. The van der Waals surface area contributed by atoms with Crippen LogP contribution in [0.15, 0.2) is 35.3 Å². The first-order chi connectivity index (χ1) is 13.5. The van der Waals surface area contributed by atoms with Gasteiger partial charge in [0.2, 0.25) is 5.43 Å². The van der Waals surface area contributed by atoms with Gasteiger partial charge in [-0.25, -0.2) is 9.78 Å². The van der Waals surface area contributed by atoms with Crippen LogP contribution in [0.1, 0.15) is 25.3 Å². The second kappa shape index (κ2) is 6.34. The molecular weight excluding hydrogens is 360 g/mol. The van der Waals surface area contributed by atoms with Crippen molar-refractivity contribution in [3.8, 4) is 5.75 Å². The summed E-state index contributed by atoms with van der Waals surface area (Å²) in [5.74, 6) is 1.59. The van der Waals surface area contributed by atoms with Crippen molar-refractivity contribution < 1.29 is 14.6 Å². The maximum Gasteiger partial charge on any atom is 0.511 e. The number of pyridine rings is 2. The van der Waals surface area contributed by atoms with Crippen LogP contribution in [0.25, 0.3) is 11.0 Å². The highest BCUT2D eigenvalue weighted by molar-refractivity contribution is 5.79. The average Bonchev–Trinajstić information content (AvgIpc) is 3.41. The average molecular weight is 382 g/mol. The van der Waals surface area contributed by atoms with Gasteiger partial charge in [0.05, 0.1) is 11.6 Å². The Kier molecular flexibility index (Phi) is 3.90. The minimum atomic E-state index is -1.49. The Bertz CT molecular complexity index is 1040. The van der Waals surface area contributed by atoms with E-state index in [9.17, 15) is 9.59 Å². The van der Waals surface area contributed by atoms with Crippen LogP contribution < -0.4 is 20.8 Å². The molecule has 3 unspecified atom stereocenters. The standard InChI is InChI=1S/C20H22N4O4/c21-15-3-1-2-11-8-23(9-14(11)15)17-7-6-13-18(25)16(28-20(26)27)10-24(12-4-5-12)19(13)22-17/h1,3,6-7,10-12,14-15H,2,4-5,8-9,21H2,(H,26,27). The van der Waals surface area contributed by atoms with Gasteiger partial charge in [0.25, 0.3) is 0 Å². The van der Waals surface area contributed by atoms with Gasteiger partial charge in [-0.2, -0.15) is 0 Å². The number of nitrogens with two attached hydrogens (primary N) is 1. The monoisotopic (exact) mass is 382 g/mol. The van der Waals surface area contributed by atoms with Gasteiger partial charge in [-0.15, -0.1) is 0 Å². The summed E-state index contributed by atoms with van der Waals surface area (Å²) in [5, 5.41) is 9.29. The number of carbonyl (C=O) groups is 1. The molecule has 8 nitrogen and oxygen atoms in total. The van der Waals surface area contributed by atoms with Crippen molar-refractivity contribution in [3.05, 3.63) is 40.7 Å². The lowest BCUT2D eigenvalue weighted by atomic mass is 9.83. The van der Waals surface area contributed by atoms with E-state index in [2.05, 4.69) is 17.1 Å². The molecule has 2 aromatic heterocycles. The van der Waals surface area contributed by atoms with Crippen molar-refractivity contribution in [2.75, 3.05) is 18.0 Å². The van der Waals surface area contributed by atoms with Crippen LogP contribution in [-0.2, 0) is 0 Å². The minimum Gasteiger partial charge on any atom is -0.449 e. The van der Waals surface area contributed by atoms with Gasteiger partial charge >= 0.3 is 6.16 Å². The fourth-order valence-corrected chi connectivity index (χ4v) is 4.49. The zero-order chi connectivity index (χ0) is 19.4. The van der Waals surface area contributed by atoms with Crippen LogP contribution in [0.4, 0.5) is 10.6 Å². The number of nitrogens with zero attached hydrogens (tertiary/aromatic N) is 3. The molecule has 3 N–H and O–H groups in total. The third kappa shape index (κ3) is 2.84. The second-order valence-corrected chi connectivity index (χ2v) is 7.94. The van der Waals surface area contributed by atoms with Gasteiger partial charge in [-0.3, -0.25) is 4.79 Å². The van der Waals surface area contributed by atoms with E-state index in [1.807, 2.05) is 10.6 Å².